The van der Waals surface area contributed by atoms with E-state index < -0.39 is 12.0 Å². The molecule has 2 aromatic carbocycles. The summed E-state index contributed by atoms with van der Waals surface area (Å²) in [6.45, 7) is 1.84. The Hall–Kier alpha value is -3.78. The first-order valence-corrected chi connectivity index (χ1v) is 10.1. The number of hydrogen-bond acceptors (Lipinski definition) is 7. The average molecular weight is 453 g/mol. The van der Waals surface area contributed by atoms with Gasteiger partial charge in [-0.3, -0.25) is 4.99 Å². The Morgan fingerprint density at radius 3 is 2.84 bits per heavy atom. The number of imidazole rings is 1. The van der Waals surface area contributed by atoms with Gasteiger partial charge in [0, 0.05) is 40.4 Å². The maximum absolute atomic E-state index is 11.8. The Bertz CT molecular complexity index is 1360. The van der Waals surface area contributed by atoms with Crippen LogP contribution in [0.2, 0.25) is 5.02 Å². The second kappa shape index (κ2) is 8.76. The zero-order chi connectivity index (χ0) is 22.8. The molecule has 0 saturated heterocycles. The summed E-state index contributed by atoms with van der Waals surface area (Å²) >= 11 is 6.32. The van der Waals surface area contributed by atoms with E-state index >= 15 is 0 Å². The van der Waals surface area contributed by atoms with Gasteiger partial charge in [0.15, 0.2) is 11.5 Å². The number of aliphatic carboxylic acids is 1. The molecule has 1 unspecified atom stereocenters. The smallest absolute Gasteiger partial charge is 0.161 e. The van der Waals surface area contributed by atoms with E-state index in [1.54, 1.807) is 30.3 Å². The number of hydrogen-bond donors (Lipinski definition) is 2. The normalized spacial score (nSPS) is 12.8. The predicted octanol–water partition coefficient (Wildman–Crippen LogP) is 2.76. The number of carboxylic acids is 1. The molecule has 164 valence electrons. The van der Waals surface area contributed by atoms with Crippen LogP contribution in [0.4, 0.5) is 0 Å². The van der Waals surface area contributed by atoms with Crippen LogP contribution in [-0.2, 0) is 11.2 Å². The fourth-order valence-corrected chi connectivity index (χ4v) is 3.49. The van der Waals surface area contributed by atoms with Gasteiger partial charge in [0.1, 0.15) is 11.3 Å². The summed E-state index contributed by atoms with van der Waals surface area (Å²) in [5, 5.41) is 23.2. The fourth-order valence-electron chi connectivity index (χ4n) is 3.32. The molecule has 0 radical (unpaired) electrons. The maximum atomic E-state index is 11.8. The van der Waals surface area contributed by atoms with Gasteiger partial charge in [0.05, 0.1) is 30.8 Å². The van der Waals surface area contributed by atoms with Gasteiger partial charge < -0.3 is 29.1 Å². The van der Waals surface area contributed by atoms with E-state index in [1.807, 2.05) is 6.92 Å². The summed E-state index contributed by atoms with van der Waals surface area (Å²) in [5.74, 6) is -0.647. The maximum Gasteiger partial charge on any atom is 0.161 e. The van der Waals surface area contributed by atoms with Gasteiger partial charge in [-0.05, 0) is 42.8 Å². The monoisotopic (exact) mass is 452 g/mol. The number of nitrogens with zero attached hydrogens (tertiary/aromatic N) is 2. The molecule has 8 nitrogen and oxygen atoms in total. The van der Waals surface area contributed by atoms with Crippen molar-refractivity contribution in [1.29, 1.82) is 0 Å². The summed E-state index contributed by atoms with van der Waals surface area (Å²) in [4.78, 5) is 23.1. The fraction of sp³-hybridized carbons (Fsp3) is 0.174. The SMILES string of the molecule is COc1cc(-c2cc(=NC(Cc3cnc[nH]3)C(=O)[O-])c3cc(Cl)c(C)cc3o2)ccc1O. The molecular formula is C23H19ClN3O5-. The lowest BCUT2D eigenvalue weighted by Gasteiger charge is -2.14. The number of carbonyl (C=O) groups is 1. The lowest BCUT2D eigenvalue weighted by Crippen LogP contribution is -2.37. The van der Waals surface area contributed by atoms with Crippen molar-refractivity contribution in [2.24, 2.45) is 4.99 Å². The van der Waals surface area contributed by atoms with Crippen LogP contribution in [0.15, 0.2) is 58.3 Å². The number of H-pyrrole nitrogens is 1. The standard InChI is InChI=1S/C23H20ClN3O5/c1-12-5-21-15(8-16(12)24)17(27-18(23(29)30)7-14-10-25-11-26-14)9-20(32-21)13-3-4-19(28)22(6-13)31-2/h3-6,8-11,18,28H,7H2,1-2H3,(H,25,26)(H,29,30)/p-1. The quantitative estimate of drug-likeness (QED) is 0.463. The lowest BCUT2D eigenvalue weighted by molar-refractivity contribution is -0.307. The third-order valence-corrected chi connectivity index (χ3v) is 5.43. The number of aromatic amines is 1. The number of phenols is 1. The molecular weight excluding hydrogens is 434 g/mol. The highest BCUT2D eigenvalue weighted by Crippen LogP contribution is 2.32. The second-order valence-electron chi connectivity index (χ2n) is 7.22. The van der Waals surface area contributed by atoms with Crippen molar-refractivity contribution in [3.8, 4) is 22.8 Å². The van der Waals surface area contributed by atoms with Crippen LogP contribution in [0.1, 0.15) is 11.3 Å². The molecule has 2 heterocycles. The van der Waals surface area contributed by atoms with E-state index in [9.17, 15) is 15.0 Å². The molecule has 0 amide bonds. The largest absolute Gasteiger partial charge is 0.548 e. The zero-order valence-electron chi connectivity index (χ0n) is 17.3. The Kier molecular flexibility index (Phi) is 5.87. The average Bonchev–Trinajstić information content (AvgIpc) is 3.28. The highest BCUT2D eigenvalue weighted by atomic mass is 35.5. The van der Waals surface area contributed by atoms with E-state index in [1.165, 1.54) is 25.7 Å². The number of carbonyl (C=O) groups excluding carboxylic acids is 1. The molecule has 0 aliphatic rings. The minimum atomic E-state index is -1.32. The van der Waals surface area contributed by atoms with Gasteiger partial charge in [-0.2, -0.15) is 0 Å². The number of ether oxygens (including phenoxy) is 1. The van der Waals surface area contributed by atoms with Gasteiger partial charge >= 0.3 is 0 Å². The van der Waals surface area contributed by atoms with Crippen molar-refractivity contribution in [3.63, 3.8) is 0 Å². The summed E-state index contributed by atoms with van der Waals surface area (Å²) < 4.78 is 11.3. The van der Waals surface area contributed by atoms with Crippen molar-refractivity contribution in [2.75, 3.05) is 7.11 Å². The van der Waals surface area contributed by atoms with E-state index in [0.29, 0.717) is 38.4 Å². The molecule has 32 heavy (non-hydrogen) atoms. The Morgan fingerprint density at radius 1 is 1.34 bits per heavy atom. The molecule has 0 aliphatic heterocycles. The van der Waals surface area contributed by atoms with Gasteiger partial charge in [-0.25, -0.2) is 4.98 Å². The van der Waals surface area contributed by atoms with Gasteiger partial charge in [0.25, 0.3) is 0 Å². The molecule has 2 aromatic heterocycles. The van der Waals surface area contributed by atoms with Crippen molar-refractivity contribution >= 4 is 28.5 Å². The molecule has 4 aromatic rings. The molecule has 0 bridgehead atoms. The molecule has 9 heteroatoms. The summed E-state index contributed by atoms with van der Waals surface area (Å²) in [6, 6.07) is 8.69. The first kappa shape index (κ1) is 21.5. The lowest BCUT2D eigenvalue weighted by atomic mass is 10.1. The number of benzene rings is 2. The Balaban J connectivity index is 1.94. The highest BCUT2D eigenvalue weighted by molar-refractivity contribution is 6.32. The van der Waals surface area contributed by atoms with Crippen molar-refractivity contribution in [1.82, 2.24) is 9.97 Å². The van der Waals surface area contributed by atoms with E-state index in [-0.39, 0.29) is 17.9 Å². The van der Waals surface area contributed by atoms with Crippen LogP contribution in [0.5, 0.6) is 11.5 Å². The first-order chi connectivity index (χ1) is 15.4. The van der Waals surface area contributed by atoms with Crippen molar-refractivity contribution < 1.29 is 24.2 Å². The van der Waals surface area contributed by atoms with Crippen LogP contribution >= 0.6 is 11.6 Å². The molecule has 4 rings (SSSR count). The molecule has 1 atom stereocenters. The second-order valence-corrected chi connectivity index (χ2v) is 7.63. The van der Waals surface area contributed by atoms with Gasteiger partial charge in [-0.1, -0.05) is 11.6 Å². The van der Waals surface area contributed by atoms with Crippen molar-refractivity contribution in [2.45, 2.75) is 19.4 Å². The number of fused-ring (bicyclic) bond motifs is 1. The number of aromatic hydroxyl groups is 1. The number of halogens is 1. The number of nitrogens with one attached hydrogen (secondary N) is 1. The number of aryl methyl sites for hydroxylation is 1. The number of methoxy groups -OCH3 is 1. The third-order valence-electron chi connectivity index (χ3n) is 5.02. The van der Waals surface area contributed by atoms with Crippen LogP contribution < -0.4 is 15.2 Å². The number of carboxylic acid groups (broad SMARTS) is 1. The summed E-state index contributed by atoms with van der Waals surface area (Å²) in [7, 11) is 1.45. The highest BCUT2D eigenvalue weighted by Gasteiger charge is 2.14. The topological polar surface area (TPSA) is 124 Å². The zero-order valence-corrected chi connectivity index (χ0v) is 18.0. The minimum absolute atomic E-state index is 0.0128. The molecule has 0 spiro atoms. The van der Waals surface area contributed by atoms with E-state index in [4.69, 9.17) is 20.8 Å². The number of rotatable bonds is 6. The Labute approximate surface area is 187 Å². The van der Waals surface area contributed by atoms with Crippen LogP contribution in [-0.4, -0.2) is 34.2 Å². The summed E-state index contributed by atoms with van der Waals surface area (Å²) in [6.07, 6.45) is 3.09. The summed E-state index contributed by atoms with van der Waals surface area (Å²) in [5.41, 5.74) is 2.51. The Morgan fingerprint density at radius 2 is 2.16 bits per heavy atom. The molecule has 0 aliphatic carbocycles. The number of aromatic nitrogens is 2. The van der Waals surface area contributed by atoms with Crippen molar-refractivity contribution in [3.05, 3.63) is 70.6 Å². The number of phenolic OH excluding ortho intramolecular Hbond substituents is 1. The minimum Gasteiger partial charge on any atom is -0.548 e. The van der Waals surface area contributed by atoms with Gasteiger partial charge in [-0.15, -0.1) is 0 Å². The predicted molar refractivity (Wildman–Crippen MR) is 116 cm³/mol. The molecule has 0 fully saturated rings. The van der Waals surface area contributed by atoms with E-state index in [0.717, 1.165) is 5.56 Å². The van der Waals surface area contributed by atoms with E-state index in [2.05, 4.69) is 15.0 Å². The van der Waals surface area contributed by atoms with Crippen LogP contribution in [0.3, 0.4) is 0 Å². The van der Waals surface area contributed by atoms with Crippen LogP contribution in [0.25, 0.3) is 22.3 Å². The molecule has 0 saturated carbocycles. The third kappa shape index (κ3) is 4.31. The molecule has 2 N–H and O–H groups in total. The van der Waals surface area contributed by atoms with Crippen LogP contribution in [0, 0.1) is 6.92 Å². The van der Waals surface area contributed by atoms with Gasteiger partial charge in [0.2, 0.25) is 0 Å². The first-order valence-electron chi connectivity index (χ1n) is 9.69.